The Labute approximate surface area is 284 Å². The highest BCUT2D eigenvalue weighted by Gasteiger charge is 2.27. The van der Waals surface area contributed by atoms with Gasteiger partial charge in [-0.2, -0.15) is 26.3 Å². The van der Waals surface area contributed by atoms with Crippen LogP contribution in [0.2, 0.25) is 0 Å². The molecule has 51 heavy (non-hydrogen) atoms. The van der Waals surface area contributed by atoms with Crippen molar-refractivity contribution in [3.8, 4) is 59.5 Å². The maximum atomic E-state index is 10.4. The molecule has 1 atom stereocenters. The van der Waals surface area contributed by atoms with Crippen molar-refractivity contribution in [2.45, 2.75) is 5.92 Å². The summed E-state index contributed by atoms with van der Waals surface area (Å²) in [6.45, 7) is 14.7. The number of aromatic amines is 1. The molecular formula is C34H8N16O. The number of oxazole rings is 1. The van der Waals surface area contributed by atoms with Gasteiger partial charge in [0, 0.05) is 5.56 Å². The van der Waals surface area contributed by atoms with Crippen molar-refractivity contribution in [1.82, 2.24) is 29.9 Å². The second-order valence-corrected chi connectivity index (χ2v) is 10.3. The molecule has 1 N–H and O–H groups in total. The molecule has 0 bridgehead atoms. The normalized spacial score (nSPS) is 12.6. The maximum Gasteiger partial charge on any atom is 0.305 e. The molecule has 0 spiro atoms. The van der Waals surface area contributed by atoms with Gasteiger partial charge in [0.25, 0.3) is 5.89 Å². The molecular weight excluding hydrogens is 648 g/mol. The minimum atomic E-state index is -1.30. The lowest BCUT2D eigenvalue weighted by molar-refractivity contribution is 0.611. The lowest BCUT2D eigenvalue weighted by Crippen LogP contribution is -2.26. The number of aromatic nitrogens is 6. The average molecular weight is 657 g/mol. The Kier molecular flexibility index (Phi) is 7.12. The van der Waals surface area contributed by atoms with E-state index in [2.05, 4.69) is 61.7 Å². The van der Waals surface area contributed by atoms with E-state index in [0.29, 0.717) is 11.0 Å². The fraction of sp³-hybridized carbons (Fsp3) is 0.0294. The van der Waals surface area contributed by atoms with Crippen molar-refractivity contribution < 1.29 is 4.42 Å². The summed E-state index contributed by atoms with van der Waals surface area (Å²) in [5.74, 6) is -2.04. The number of hydrogen-bond acceptors (Lipinski definition) is 14. The summed E-state index contributed by atoms with van der Waals surface area (Å²) in [5, 5.41) is 58.8. The Morgan fingerprint density at radius 1 is 0.784 bits per heavy atom. The van der Waals surface area contributed by atoms with Gasteiger partial charge in [-0.05, 0) is 36.4 Å². The molecule has 4 heterocycles. The second-order valence-electron chi connectivity index (χ2n) is 10.3. The van der Waals surface area contributed by atoms with Crippen molar-refractivity contribution in [2.75, 3.05) is 0 Å². The molecule has 17 nitrogen and oxygen atoms in total. The molecule has 230 valence electrons. The monoisotopic (exact) mass is 656 g/mol. The van der Waals surface area contributed by atoms with Crippen molar-refractivity contribution in [3.63, 3.8) is 0 Å². The lowest BCUT2D eigenvalue weighted by atomic mass is 10.1. The first-order valence-electron chi connectivity index (χ1n) is 14.1. The summed E-state index contributed by atoms with van der Waals surface area (Å²) in [7, 11) is 0. The van der Waals surface area contributed by atoms with Crippen molar-refractivity contribution in [3.05, 3.63) is 115 Å². The van der Waals surface area contributed by atoms with Gasteiger partial charge >= 0.3 is 5.70 Å². The third-order valence-electron chi connectivity index (χ3n) is 7.51. The van der Waals surface area contributed by atoms with Gasteiger partial charge in [0.15, 0.2) is 23.4 Å². The first-order valence-corrected chi connectivity index (χ1v) is 14.1. The first-order chi connectivity index (χ1) is 24.9. The standard InChI is InChI=1S/C34H8N16O/c1-41-22-8-27-25(7-17(22)11-37)46-34(51-27)33-49-29(18-3-4-21-28(19(18)12-38)47-32(43-21)26(14-40)42-2)48-31(50-33)20(13-39)30-44-23-5-15(9-35)16(10-36)6-24(23)45-30/h3-8,20H,(H,44,45)/b32-26+. The van der Waals surface area contributed by atoms with Crippen LogP contribution in [0.5, 0.6) is 0 Å². The maximum absolute atomic E-state index is 10.4. The fourth-order valence-electron chi connectivity index (χ4n) is 5.18. The molecule has 0 radical (unpaired) electrons. The molecule has 0 aliphatic carbocycles. The molecule has 0 saturated heterocycles. The predicted octanol–water partition coefficient (Wildman–Crippen LogP) is 3.78. The van der Waals surface area contributed by atoms with E-state index in [1.165, 1.54) is 36.4 Å². The van der Waals surface area contributed by atoms with E-state index in [9.17, 15) is 31.6 Å². The molecule has 0 amide bonds. The molecule has 6 aromatic rings. The predicted molar refractivity (Wildman–Crippen MR) is 168 cm³/mol. The van der Waals surface area contributed by atoms with E-state index < -0.39 is 5.92 Å². The van der Waals surface area contributed by atoms with E-state index in [0.717, 1.165) is 0 Å². The van der Waals surface area contributed by atoms with Crippen LogP contribution in [0.3, 0.4) is 0 Å². The average Bonchev–Trinajstić information content (AvgIpc) is 3.90. The molecule has 3 aromatic heterocycles. The number of nitriles is 6. The number of imidazole rings is 1. The Morgan fingerprint density at radius 2 is 1.53 bits per heavy atom. The van der Waals surface area contributed by atoms with Crippen molar-refractivity contribution in [1.29, 1.82) is 31.6 Å². The number of nitrogens with one attached hydrogen (secondary N) is 1. The summed E-state index contributed by atoms with van der Waals surface area (Å²) >= 11 is 0. The molecule has 0 saturated carbocycles. The van der Waals surface area contributed by atoms with Crippen LogP contribution in [0.1, 0.15) is 39.8 Å². The van der Waals surface area contributed by atoms with E-state index in [4.69, 9.17) is 17.6 Å². The van der Waals surface area contributed by atoms with E-state index in [1.54, 1.807) is 6.07 Å². The highest BCUT2D eigenvalue weighted by Crippen LogP contribution is 2.32. The number of rotatable bonds is 4. The third kappa shape index (κ3) is 4.93. The summed E-state index contributed by atoms with van der Waals surface area (Å²) in [6, 6.07) is 20.3. The summed E-state index contributed by atoms with van der Waals surface area (Å²) in [5.41, 5.74) is 1.03. The minimum Gasteiger partial charge on any atom is -0.435 e. The zero-order valence-electron chi connectivity index (χ0n) is 25.2. The lowest BCUT2D eigenvalue weighted by Gasteiger charge is -2.09. The van der Waals surface area contributed by atoms with Crippen LogP contribution >= 0.6 is 0 Å². The van der Waals surface area contributed by atoms with Gasteiger partial charge in [0.1, 0.15) is 40.5 Å². The van der Waals surface area contributed by atoms with Gasteiger partial charge < -0.3 is 9.40 Å². The highest BCUT2D eigenvalue weighted by atomic mass is 16.3. The van der Waals surface area contributed by atoms with Gasteiger partial charge in [-0.15, -0.1) is 0 Å². The molecule has 7 rings (SSSR count). The minimum absolute atomic E-state index is 0.0374. The van der Waals surface area contributed by atoms with Crippen LogP contribution in [-0.2, 0) is 0 Å². The Bertz CT molecular complexity index is 2970. The van der Waals surface area contributed by atoms with Crippen molar-refractivity contribution in [2.24, 2.45) is 9.98 Å². The van der Waals surface area contributed by atoms with Gasteiger partial charge in [0.05, 0.1) is 70.0 Å². The van der Waals surface area contributed by atoms with E-state index in [-0.39, 0.29) is 96.0 Å². The number of benzene rings is 3. The quantitative estimate of drug-likeness (QED) is 0.210. The largest absolute Gasteiger partial charge is 0.435 e. The summed E-state index contributed by atoms with van der Waals surface area (Å²) in [6.07, 6.45) is 0. The number of H-pyrrole nitrogens is 1. The SMILES string of the molecule is [C-]#[N+]/C(C#N)=C1\N=c2ccc(-c3nc(-c4nc5cc(C#N)c([N+]#[C-])cc5o4)nc(C(C#N)c4nc5cc(C#N)c(C#N)cc5[nH]4)n3)c(C#N)c2=N1. The molecule has 1 aliphatic rings. The number of nitrogens with zero attached hydrogens (tertiary/aromatic N) is 15. The second kappa shape index (κ2) is 11.9. The van der Waals surface area contributed by atoms with Gasteiger partial charge in [-0.25, -0.2) is 49.9 Å². The Hall–Kier alpha value is -9.13. The van der Waals surface area contributed by atoms with Crippen molar-refractivity contribution >= 4 is 27.8 Å². The number of fused-ring (bicyclic) bond motifs is 3. The molecule has 1 unspecified atom stereocenters. The smallest absolute Gasteiger partial charge is 0.305 e. The topological polar surface area (TPSA) is 270 Å². The summed E-state index contributed by atoms with van der Waals surface area (Å²) in [4.78, 5) is 40.4. The zero-order chi connectivity index (χ0) is 35.8. The summed E-state index contributed by atoms with van der Waals surface area (Å²) < 4.78 is 5.91. The van der Waals surface area contributed by atoms with E-state index in [1.807, 2.05) is 18.2 Å². The Balaban J connectivity index is 1.48. The van der Waals surface area contributed by atoms with Crippen LogP contribution in [-0.4, -0.2) is 29.9 Å². The third-order valence-corrected chi connectivity index (χ3v) is 7.51. The van der Waals surface area contributed by atoms with E-state index >= 15 is 0 Å². The highest BCUT2D eigenvalue weighted by molar-refractivity contribution is 5.83. The molecule has 3 aromatic carbocycles. The van der Waals surface area contributed by atoms with Gasteiger partial charge in [-0.3, -0.25) is 0 Å². The molecule has 1 aliphatic heterocycles. The van der Waals surface area contributed by atoms with Crippen LogP contribution in [0.25, 0.3) is 54.9 Å². The van der Waals surface area contributed by atoms with Crippen LogP contribution in [0.15, 0.2) is 62.3 Å². The molecule has 17 heteroatoms. The first kappa shape index (κ1) is 30.5. The number of allylic oxidation sites excluding steroid dienone is 1. The number of hydrogen-bond donors (Lipinski definition) is 1. The van der Waals surface area contributed by atoms with Gasteiger partial charge in [0.2, 0.25) is 11.5 Å². The van der Waals surface area contributed by atoms with Crippen LogP contribution in [0, 0.1) is 81.1 Å². The van der Waals surface area contributed by atoms with Gasteiger partial charge in [-0.1, -0.05) is 0 Å². The molecule has 0 fully saturated rings. The fourth-order valence-corrected chi connectivity index (χ4v) is 5.18. The van der Waals surface area contributed by atoms with Crippen LogP contribution < -0.4 is 10.7 Å². The van der Waals surface area contributed by atoms with Crippen LogP contribution in [0.4, 0.5) is 5.69 Å². The Morgan fingerprint density at radius 3 is 2.22 bits per heavy atom. The zero-order valence-corrected chi connectivity index (χ0v) is 25.2.